The lowest BCUT2D eigenvalue weighted by molar-refractivity contribution is -0.171. The Bertz CT molecular complexity index is 5180. The SMILES string of the molecule is C.CC[C@@H](C)C(=O)c1cc2cc(Cl)ccc2o1.CC[C@@H](C)C(O)c1cc2cc(Cl)ccc2o1.CC[C@@H](C)C(O)c1cc2cc(Cl)ccc2o1.CC[C@@H](NC(=O)OCc1ccccc1)C(=O)N(C)OC.C[C@H](CN1CCCC1)C(O)c1cc2cc(Cl)ccc2o1.C[C@H](CO)C(O)c1cc2cc(Cl)ccc2o1.N[C@H](CN1CCCC1)C(O)c1cc2cc(Cl)ccc2o1. The van der Waals surface area contributed by atoms with E-state index in [0.717, 1.165) is 117 Å². The average molecular weight is 1840 g/mol. The van der Waals surface area contributed by atoms with Gasteiger partial charge in [-0.3, -0.25) is 14.4 Å². The molecule has 13 aromatic rings. The van der Waals surface area contributed by atoms with Gasteiger partial charge in [0.2, 0.25) is 5.78 Å². The number of rotatable bonds is 26. The predicted octanol–water partition coefficient (Wildman–Crippen LogP) is 24.1. The van der Waals surface area contributed by atoms with Gasteiger partial charge < -0.3 is 82.7 Å². The topological polar surface area (TPSA) is 318 Å². The number of nitrogens with two attached hydrogens (primary N) is 1. The molecular weight excluding hydrogens is 1720 g/mol. The minimum Gasteiger partial charge on any atom is -0.458 e. The second-order valence-corrected chi connectivity index (χ2v) is 34.2. The first kappa shape index (κ1) is 102. The summed E-state index contributed by atoms with van der Waals surface area (Å²) in [5.41, 5.74) is 11.4. The largest absolute Gasteiger partial charge is 0.458 e. The smallest absolute Gasteiger partial charge is 0.408 e. The number of halogens is 6. The van der Waals surface area contributed by atoms with Crippen LogP contribution >= 0.6 is 69.6 Å². The van der Waals surface area contributed by atoms with Crippen molar-refractivity contribution in [1.29, 1.82) is 0 Å². The van der Waals surface area contributed by atoms with E-state index in [9.17, 15) is 39.9 Å². The van der Waals surface area contributed by atoms with Gasteiger partial charge in [0, 0.05) is 107 Å². The number of ether oxygens (including phenoxy) is 1. The number of likely N-dealkylation sites (tertiary alicyclic amines) is 2. The number of hydrogen-bond acceptors (Lipinski definition) is 20. The zero-order valence-electron chi connectivity index (χ0n) is 71.8. The molecule has 0 bridgehead atoms. The number of ketones is 1. The summed E-state index contributed by atoms with van der Waals surface area (Å²) in [5.74, 6) is 3.26. The molecule has 9 N–H and O–H groups in total. The monoisotopic (exact) mass is 1840 g/mol. The van der Waals surface area contributed by atoms with E-state index < -0.39 is 42.7 Å². The van der Waals surface area contributed by atoms with Crippen molar-refractivity contribution in [2.24, 2.45) is 35.3 Å². The molecule has 676 valence electrons. The van der Waals surface area contributed by atoms with Crippen molar-refractivity contribution in [3.63, 3.8) is 0 Å². The summed E-state index contributed by atoms with van der Waals surface area (Å²) >= 11 is 35.4. The van der Waals surface area contributed by atoms with Crippen LogP contribution in [0.15, 0.2) is 202 Å². The lowest BCUT2D eigenvalue weighted by atomic mass is 10.00. The van der Waals surface area contributed by atoms with E-state index in [1.54, 1.807) is 92.7 Å². The fraction of sp³-hybridized carbons (Fsp3) is 0.412. The van der Waals surface area contributed by atoms with Crippen molar-refractivity contribution in [2.75, 3.05) is 60.0 Å². The average Bonchev–Trinajstić information content (AvgIpc) is 1.72. The van der Waals surface area contributed by atoms with Gasteiger partial charge in [-0.15, -0.1) is 0 Å². The van der Waals surface area contributed by atoms with Crippen molar-refractivity contribution >= 4 is 153 Å². The van der Waals surface area contributed by atoms with Crippen LogP contribution in [-0.2, 0) is 21.0 Å². The Hall–Kier alpha value is -8.47. The third kappa shape index (κ3) is 29.5. The van der Waals surface area contributed by atoms with E-state index in [0.29, 0.717) is 88.8 Å². The van der Waals surface area contributed by atoms with E-state index in [4.69, 9.17) is 117 Å². The van der Waals surface area contributed by atoms with Crippen LogP contribution in [0, 0.1) is 29.6 Å². The molecule has 0 aliphatic carbocycles. The van der Waals surface area contributed by atoms with Crippen LogP contribution in [0.4, 0.5) is 4.79 Å². The van der Waals surface area contributed by atoms with Crippen molar-refractivity contribution in [3.8, 4) is 0 Å². The lowest BCUT2D eigenvalue weighted by Gasteiger charge is -2.23. The fourth-order valence-electron chi connectivity index (χ4n) is 13.7. The van der Waals surface area contributed by atoms with E-state index in [1.165, 1.54) is 39.8 Å². The molecule has 12 atom stereocenters. The standard InChI is InChI=1S/C16H20ClNO2.C15H19ClN2O2.C14H20N2O4.2C13H15ClO2.C13H13ClO2.C12H13ClO3.CH4/c1-11(10-18-6-2-3-7-18)16(19)15-9-12-8-13(17)4-5-14(12)20-15;16-11-3-4-13-10(7-11)8-14(20-13)15(19)12(17)9-18-5-1-2-6-18;1-4-12(13(17)16(2)19-3)15-14(18)20-10-11-8-6-5-7-9-11;3*1-3-8(2)13(15)12-7-9-6-10(14)4-5-11(9)16-12;1-7(6-14)12(15)11-5-8-4-9(13)2-3-10(8)16-11;/h4-5,8-9,11,16,19H,2-3,6-7,10H2,1H3;3-4,7-8,12,15,19H,1-2,5-6,9,17H2;5-9,12H,4,10H2,1-3H3,(H,15,18);2*4-8,13,15H,3H2,1-2H3;4-8H,3H2,1-2H3;2-5,7,12,14-15H,6H2,1H3;1H4/t11-,16?;12-,15?;12-;2*8-,13?;8-;7-,12?;/m1111111./s1. The highest BCUT2D eigenvalue weighted by Crippen LogP contribution is 2.37. The minimum absolute atomic E-state index is 0. The summed E-state index contributed by atoms with van der Waals surface area (Å²) in [6, 6.07) is 51.7. The Morgan fingerprint density at radius 2 is 0.768 bits per heavy atom. The number of Topliss-reactive ketones (excluding diaryl/α,β-unsaturated/α-hetero) is 1. The van der Waals surface area contributed by atoms with Gasteiger partial charge in [-0.2, -0.15) is 0 Å². The molecule has 8 heterocycles. The molecule has 2 saturated heterocycles. The fourth-order valence-corrected chi connectivity index (χ4v) is 14.8. The van der Waals surface area contributed by atoms with Crippen LogP contribution in [0.25, 0.3) is 65.8 Å². The molecule has 2 aliphatic heterocycles. The number of aliphatic hydroxyl groups is 6. The van der Waals surface area contributed by atoms with E-state index in [2.05, 4.69) is 22.0 Å². The third-order valence-electron chi connectivity index (χ3n) is 22.1. The minimum atomic E-state index is -0.795. The Balaban J connectivity index is 0.000000181. The second kappa shape index (κ2) is 49.8. The van der Waals surface area contributed by atoms with E-state index in [1.807, 2.05) is 139 Å². The van der Waals surface area contributed by atoms with Crippen molar-refractivity contribution in [2.45, 2.75) is 170 Å². The Morgan fingerprint density at radius 3 is 1.10 bits per heavy atom. The normalized spacial score (nSPS) is 15.6. The molecule has 125 heavy (non-hydrogen) atoms. The summed E-state index contributed by atoms with van der Waals surface area (Å²) in [6.45, 7) is 23.7. The molecule has 0 spiro atoms. The maximum absolute atomic E-state index is 11.9. The summed E-state index contributed by atoms with van der Waals surface area (Å²) in [4.78, 5) is 44.9. The van der Waals surface area contributed by atoms with Crippen molar-refractivity contribution < 1.29 is 81.1 Å². The van der Waals surface area contributed by atoms with E-state index in [-0.39, 0.29) is 68.0 Å². The number of amides is 2. The molecule has 6 aromatic heterocycles. The highest BCUT2D eigenvalue weighted by Gasteiger charge is 2.29. The number of carbonyl (C=O) groups excluding carboxylic acids is 3. The third-order valence-corrected chi connectivity index (χ3v) is 23.5. The van der Waals surface area contributed by atoms with E-state index >= 15 is 0 Å². The molecule has 15 rings (SSSR count). The quantitative estimate of drug-likeness (QED) is 0.0184. The Labute approximate surface area is 761 Å². The number of furan rings is 6. The number of nitrogens with one attached hydrogen (secondary N) is 1. The van der Waals surface area contributed by atoms with Crippen LogP contribution in [-0.4, -0.2) is 135 Å². The number of likely N-dealkylation sites (N-methyl/N-ethyl adjacent to an activating group) is 1. The van der Waals surface area contributed by atoms with Gasteiger partial charge in [-0.25, -0.2) is 9.86 Å². The molecule has 2 aliphatic rings. The maximum Gasteiger partial charge on any atom is 0.408 e. The molecular formula is C97H119Cl6N5O17. The van der Waals surface area contributed by atoms with Gasteiger partial charge >= 0.3 is 6.09 Å². The molecule has 5 unspecified atom stereocenters. The van der Waals surface area contributed by atoms with Gasteiger partial charge in [0.15, 0.2) is 5.76 Å². The zero-order valence-corrected chi connectivity index (χ0v) is 76.4. The number of aliphatic hydroxyl groups excluding tert-OH is 6. The number of alkyl carbamates (subject to hydrolysis) is 1. The number of fused-ring (bicyclic) bond motifs is 6. The summed E-state index contributed by atoms with van der Waals surface area (Å²) in [5, 5.41) is 72.7. The first-order valence-corrected chi connectivity index (χ1v) is 44.3. The number of nitrogens with zero attached hydrogens (tertiary/aromatic N) is 3. The molecule has 2 fully saturated rings. The molecule has 28 heteroatoms. The first-order chi connectivity index (χ1) is 59.3. The Morgan fingerprint density at radius 1 is 0.440 bits per heavy atom. The van der Waals surface area contributed by atoms with Crippen LogP contribution in [0.5, 0.6) is 0 Å². The number of hydroxylamine groups is 2. The first-order valence-electron chi connectivity index (χ1n) is 42.0. The molecule has 7 aromatic carbocycles. The predicted molar refractivity (Wildman–Crippen MR) is 500 cm³/mol. The number of carbonyl (C=O) groups is 3. The molecule has 2 amide bonds. The summed E-state index contributed by atoms with van der Waals surface area (Å²) in [6.07, 6.45) is 4.20. The van der Waals surface area contributed by atoms with Crippen LogP contribution in [0.3, 0.4) is 0 Å². The Kier molecular flexibility index (Phi) is 40.6. The van der Waals surface area contributed by atoms with Crippen LogP contribution in [0.2, 0.25) is 30.1 Å². The maximum atomic E-state index is 11.9. The van der Waals surface area contributed by atoms with Gasteiger partial charge in [0.25, 0.3) is 5.91 Å². The zero-order chi connectivity index (χ0) is 90.0. The molecule has 0 saturated carbocycles. The highest BCUT2D eigenvalue weighted by molar-refractivity contribution is 6.33. The lowest BCUT2D eigenvalue weighted by Crippen LogP contribution is -2.46. The van der Waals surface area contributed by atoms with Crippen LogP contribution in [0.1, 0.15) is 197 Å². The summed E-state index contributed by atoms with van der Waals surface area (Å²) < 4.78 is 38.7. The summed E-state index contributed by atoms with van der Waals surface area (Å²) in [7, 11) is 2.88. The molecule has 0 radical (unpaired) electrons. The number of benzene rings is 7. The molecule has 22 nitrogen and oxygen atoms in total. The van der Waals surface area contributed by atoms with Gasteiger partial charge in [-0.1, -0.05) is 183 Å². The van der Waals surface area contributed by atoms with Gasteiger partial charge in [0.1, 0.15) is 105 Å². The van der Waals surface area contributed by atoms with Gasteiger partial charge in [0.05, 0.1) is 13.2 Å². The van der Waals surface area contributed by atoms with Crippen LogP contribution < -0.4 is 11.1 Å². The number of hydrogen-bond donors (Lipinski definition) is 8. The highest BCUT2D eigenvalue weighted by atomic mass is 35.5. The second-order valence-electron chi connectivity index (χ2n) is 31.6. The van der Waals surface area contributed by atoms with Crippen molar-refractivity contribution in [1.82, 2.24) is 20.2 Å². The van der Waals surface area contributed by atoms with Crippen molar-refractivity contribution in [3.05, 3.63) is 246 Å². The van der Waals surface area contributed by atoms with Gasteiger partial charge in [-0.05, 0) is 228 Å².